The molecule has 0 nitrogen and oxygen atoms in total. The van der Waals surface area contributed by atoms with Crippen molar-refractivity contribution < 1.29 is 0 Å². The van der Waals surface area contributed by atoms with Gasteiger partial charge in [0.25, 0.3) is 0 Å². The van der Waals surface area contributed by atoms with Crippen LogP contribution in [0.15, 0.2) is 17.7 Å². The first-order chi connectivity index (χ1) is 7.10. The Morgan fingerprint density at radius 3 is 2.33 bits per heavy atom. The fraction of sp³-hybridized carbons (Fsp3) is 0.273. The molecule has 0 aliphatic carbocycles. The highest BCUT2D eigenvalue weighted by atomic mass is 35.5. The molecule has 1 aromatic rings. The molecule has 0 unspecified atom stereocenters. The zero-order valence-corrected chi connectivity index (χ0v) is 11.2. The molecule has 0 bridgehead atoms. The van der Waals surface area contributed by atoms with E-state index in [1.165, 1.54) is 0 Å². The van der Waals surface area contributed by atoms with Crippen molar-refractivity contribution in [2.24, 2.45) is 0 Å². The summed E-state index contributed by atoms with van der Waals surface area (Å²) in [5.41, 5.74) is 1.81. The molecule has 4 heteroatoms. The number of hydrogen-bond donors (Lipinski definition) is 0. The fourth-order valence-corrected chi connectivity index (χ4v) is 2.03. The molecule has 0 aliphatic rings. The van der Waals surface area contributed by atoms with Crippen molar-refractivity contribution in [3.8, 4) is 0 Å². The average molecular weight is 284 g/mol. The van der Waals surface area contributed by atoms with Gasteiger partial charge in [0.05, 0.1) is 10.0 Å². The number of alkyl halides is 1. The van der Waals surface area contributed by atoms with E-state index in [9.17, 15) is 0 Å². The monoisotopic (exact) mass is 282 g/mol. The van der Waals surface area contributed by atoms with Gasteiger partial charge in [0.15, 0.2) is 0 Å². The fourth-order valence-electron chi connectivity index (χ4n) is 1.11. The molecule has 0 aromatic heterocycles. The second-order valence-electron chi connectivity index (χ2n) is 3.05. The summed E-state index contributed by atoms with van der Waals surface area (Å²) >= 11 is 23.8. The van der Waals surface area contributed by atoms with Crippen LogP contribution in [0, 0.1) is 0 Å². The first-order valence-corrected chi connectivity index (χ1v) is 6.15. The Labute approximate surface area is 110 Å². The summed E-state index contributed by atoms with van der Waals surface area (Å²) in [5.74, 6) is 0.468. The van der Waals surface area contributed by atoms with Crippen LogP contribution >= 0.6 is 46.4 Å². The maximum Gasteiger partial charge on any atom is 0.0679 e. The Hall–Kier alpha value is 0.120. The second kappa shape index (κ2) is 6.00. The van der Waals surface area contributed by atoms with Gasteiger partial charge in [-0.05, 0) is 18.6 Å². The molecule has 0 amide bonds. The molecule has 0 saturated heterocycles. The van der Waals surface area contributed by atoms with Gasteiger partial charge in [-0.1, -0.05) is 53.4 Å². The smallest absolute Gasteiger partial charge is 0.0679 e. The summed E-state index contributed by atoms with van der Waals surface area (Å²) in [6.45, 7) is 2.03. The quantitative estimate of drug-likeness (QED) is 0.495. The van der Waals surface area contributed by atoms with Crippen molar-refractivity contribution in [1.82, 2.24) is 0 Å². The lowest BCUT2D eigenvalue weighted by Crippen LogP contribution is -1.85. The van der Waals surface area contributed by atoms with Crippen molar-refractivity contribution >= 4 is 52.5 Å². The van der Waals surface area contributed by atoms with Gasteiger partial charge in [0, 0.05) is 16.5 Å². The Kier molecular flexibility index (Phi) is 5.28. The van der Waals surface area contributed by atoms with Crippen molar-refractivity contribution in [2.45, 2.75) is 13.3 Å². The van der Waals surface area contributed by atoms with Gasteiger partial charge < -0.3 is 0 Å². The zero-order valence-electron chi connectivity index (χ0n) is 8.16. The molecule has 0 fully saturated rings. The van der Waals surface area contributed by atoms with Gasteiger partial charge in [0.1, 0.15) is 0 Å². The SMILES string of the molecule is CC/C(=C/c1c(Cl)ccc(Cl)c1Cl)CCl. The zero-order chi connectivity index (χ0) is 11.4. The number of hydrogen-bond acceptors (Lipinski definition) is 0. The van der Waals surface area contributed by atoms with E-state index in [0.717, 1.165) is 17.6 Å². The highest BCUT2D eigenvalue weighted by molar-refractivity contribution is 6.44. The van der Waals surface area contributed by atoms with Gasteiger partial charge in [-0.25, -0.2) is 0 Å². The number of allylic oxidation sites excluding steroid dienone is 1. The first-order valence-electron chi connectivity index (χ1n) is 4.49. The number of rotatable bonds is 3. The molecule has 0 heterocycles. The summed E-state index contributed by atoms with van der Waals surface area (Å²) < 4.78 is 0. The van der Waals surface area contributed by atoms with Crippen molar-refractivity contribution in [3.05, 3.63) is 38.3 Å². The van der Waals surface area contributed by atoms with E-state index in [-0.39, 0.29) is 0 Å². The van der Waals surface area contributed by atoms with Gasteiger partial charge >= 0.3 is 0 Å². The summed E-state index contributed by atoms with van der Waals surface area (Å²) in [4.78, 5) is 0. The predicted molar refractivity (Wildman–Crippen MR) is 70.5 cm³/mol. The van der Waals surface area contributed by atoms with Gasteiger partial charge in [-0.3, -0.25) is 0 Å². The van der Waals surface area contributed by atoms with E-state index in [4.69, 9.17) is 46.4 Å². The Balaban J connectivity index is 3.24. The van der Waals surface area contributed by atoms with E-state index in [0.29, 0.717) is 20.9 Å². The van der Waals surface area contributed by atoms with Crippen LogP contribution in [0.3, 0.4) is 0 Å². The van der Waals surface area contributed by atoms with Crippen LogP contribution in [0.2, 0.25) is 15.1 Å². The summed E-state index contributed by atoms with van der Waals surface area (Å²) in [5, 5.41) is 1.55. The third kappa shape index (κ3) is 3.29. The highest BCUT2D eigenvalue weighted by Crippen LogP contribution is 2.33. The second-order valence-corrected chi connectivity index (χ2v) is 4.51. The van der Waals surface area contributed by atoms with E-state index in [2.05, 4.69) is 0 Å². The topological polar surface area (TPSA) is 0 Å². The van der Waals surface area contributed by atoms with E-state index < -0.39 is 0 Å². The van der Waals surface area contributed by atoms with E-state index >= 15 is 0 Å². The van der Waals surface area contributed by atoms with E-state index in [1.54, 1.807) is 12.1 Å². The number of benzene rings is 1. The molecular weight excluding hydrogens is 274 g/mol. The van der Waals surface area contributed by atoms with Crippen LogP contribution in [0.25, 0.3) is 6.08 Å². The van der Waals surface area contributed by atoms with Crippen molar-refractivity contribution in [2.75, 3.05) is 5.88 Å². The summed E-state index contributed by atoms with van der Waals surface area (Å²) in [6, 6.07) is 3.40. The standard InChI is InChI=1S/C11H10Cl4/c1-2-7(6-12)5-8-9(13)3-4-10(14)11(8)15/h3-5H,2,6H2,1H3/b7-5-. The molecule has 0 spiro atoms. The van der Waals surface area contributed by atoms with Crippen LogP contribution in [-0.4, -0.2) is 5.88 Å². The lowest BCUT2D eigenvalue weighted by molar-refractivity contribution is 1.12. The molecule has 1 aromatic carbocycles. The van der Waals surface area contributed by atoms with Crippen LogP contribution in [0.1, 0.15) is 18.9 Å². The molecule has 82 valence electrons. The van der Waals surface area contributed by atoms with Crippen LogP contribution in [0.4, 0.5) is 0 Å². The molecular formula is C11H10Cl4. The van der Waals surface area contributed by atoms with Crippen LogP contribution in [0.5, 0.6) is 0 Å². The van der Waals surface area contributed by atoms with Crippen molar-refractivity contribution in [1.29, 1.82) is 0 Å². The van der Waals surface area contributed by atoms with Gasteiger partial charge in [-0.15, -0.1) is 11.6 Å². The Morgan fingerprint density at radius 1 is 1.20 bits per heavy atom. The molecule has 0 atom stereocenters. The Bertz CT molecular complexity index is 376. The third-order valence-electron chi connectivity index (χ3n) is 2.05. The molecule has 15 heavy (non-hydrogen) atoms. The van der Waals surface area contributed by atoms with Gasteiger partial charge in [-0.2, -0.15) is 0 Å². The van der Waals surface area contributed by atoms with E-state index in [1.807, 2.05) is 13.0 Å². The maximum atomic E-state index is 6.05. The average Bonchev–Trinajstić information content (AvgIpc) is 2.24. The summed E-state index contributed by atoms with van der Waals surface area (Å²) in [7, 11) is 0. The lowest BCUT2D eigenvalue weighted by atomic mass is 10.1. The molecule has 0 saturated carbocycles. The molecule has 0 radical (unpaired) electrons. The minimum absolute atomic E-state index is 0.468. The van der Waals surface area contributed by atoms with Crippen LogP contribution < -0.4 is 0 Å². The maximum absolute atomic E-state index is 6.05. The number of halogens is 4. The van der Waals surface area contributed by atoms with Crippen LogP contribution in [-0.2, 0) is 0 Å². The third-order valence-corrected chi connectivity index (χ3v) is 3.55. The van der Waals surface area contributed by atoms with Gasteiger partial charge in [0.2, 0.25) is 0 Å². The predicted octanol–water partition coefficient (Wildman–Crippen LogP) is 5.68. The lowest BCUT2D eigenvalue weighted by Gasteiger charge is -2.06. The minimum Gasteiger partial charge on any atom is -0.122 e. The largest absolute Gasteiger partial charge is 0.122 e. The Morgan fingerprint density at radius 2 is 1.80 bits per heavy atom. The normalized spacial score (nSPS) is 11.9. The first kappa shape index (κ1) is 13.2. The van der Waals surface area contributed by atoms with Crippen molar-refractivity contribution in [3.63, 3.8) is 0 Å². The summed E-state index contributed by atoms with van der Waals surface area (Å²) in [6.07, 6.45) is 2.76. The molecule has 0 N–H and O–H groups in total. The molecule has 0 aliphatic heterocycles. The minimum atomic E-state index is 0.468. The highest BCUT2D eigenvalue weighted by Gasteiger charge is 2.07. The molecule has 1 rings (SSSR count).